The van der Waals surface area contributed by atoms with Crippen LogP contribution in [0.4, 0.5) is 5.13 Å². The van der Waals surface area contributed by atoms with Crippen LogP contribution in [0.15, 0.2) is 47.4 Å². The Kier molecular flexibility index (Phi) is 6.21. The summed E-state index contributed by atoms with van der Waals surface area (Å²) in [6.07, 6.45) is 1.16. The van der Waals surface area contributed by atoms with Crippen LogP contribution >= 0.6 is 11.3 Å². The zero-order chi connectivity index (χ0) is 21.2. The lowest BCUT2D eigenvalue weighted by molar-refractivity contribution is 0.0985. The number of hydrogen-bond acceptors (Lipinski definition) is 7. The first-order valence-electron chi connectivity index (χ1n) is 8.91. The van der Waals surface area contributed by atoms with Gasteiger partial charge in [-0.25, -0.2) is 13.4 Å². The molecular formula is C20H23N3O4S2. The van der Waals surface area contributed by atoms with Crippen molar-refractivity contribution in [3.8, 4) is 5.75 Å². The number of thiazole rings is 1. The lowest BCUT2D eigenvalue weighted by Gasteiger charge is -2.22. The van der Waals surface area contributed by atoms with Gasteiger partial charge in [0.1, 0.15) is 11.3 Å². The van der Waals surface area contributed by atoms with Crippen molar-refractivity contribution in [3.05, 3.63) is 48.0 Å². The van der Waals surface area contributed by atoms with E-state index >= 15 is 0 Å². The third kappa shape index (κ3) is 4.75. The summed E-state index contributed by atoms with van der Waals surface area (Å²) >= 11 is 1.30. The molecule has 3 rings (SSSR count). The first-order chi connectivity index (χ1) is 13.7. The average Bonchev–Trinajstić information content (AvgIpc) is 3.10. The fraction of sp³-hybridized carbons (Fsp3) is 0.300. The molecule has 0 fully saturated rings. The Morgan fingerprint density at radius 2 is 1.86 bits per heavy atom. The first-order valence-corrected chi connectivity index (χ1v) is 11.6. The molecule has 0 saturated heterocycles. The van der Waals surface area contributed by atoms with E-state index in [1.165, 1.54) is 17.4 Å². The summed E-state index contributed by atoms with van der Waals surface area (Å²) in [5.41, 5.74) is 0.869. The number of sulfone groups is 1. The molecule has 154 valence electrons. The molecule has 9 heteroatoms. The van der Waals surface area contributed by atoms with Crippen molar-refractivity contribution in [3.63, 3.8) is 0 Å². The van der Waals surface area contributed by atoms with Crippen LogP contribution in [0.3, 0.4) is 0 Å². The van der Waals surface area contributed by atoms with Gasteiger partial charge in [-0.2, -0.15) is 0 Å². The molecule has 0 N–H and O–H groups in total. The zero-order valence-corrected chi connectivity index (χ0v) is 18.4. The van der Waals surface area contributed by atoms with E-state index in [-0.39, 0.29) is 10.8 Å². The van der Waals surface area contributed by atoms with E-state index in [0.717, 1.165) is 11.0 Å². The Morgan fingerprint density at radius 1 is 1.14 bits per heavy atom. The maximum absolute atomic E-state index is 13.3. The molecule has 0 aliphatic heterocycles. The van der Waals surface area contributed by atoms with Gasteiger partial charge in [0.2, 0.25) is 0 Å². The summed E-state index contributed by atoms with van der Waals surface area (Å²) in [6.45, 7) is 1.04. The molecule has 0 aliphatic carbocycles. The summed E-state index contributed by atoms with van der Waals surface area (Å²) in [5, 5.41) is 0.464. The van der Waals surface area contributed by atoms with E-state index in [0.29, 0.717) is 35.1 Å². The Bertz CT molecular complexity index is 1140. The van der Waals surface area contributed by atoms with Crippen molar-refractivity contribution in [2.75, 3.05) is 45.5 Å². The van der Waals surface area contributed by atoms with Gasteiger partial charge in [-0.05, 0) is 44.4 Å². The minimum absolute atomic E-state index is 0.166. The molecule has 1 aromatic heterocycles. The van der Waals surface area contributed by atoms with Gasteiger partial charge < -0.3 is 9.64 Å². The van der Waals surface area contributed by atoms with Crippen LogP contribution in [0.1, 0.15) is 10.4 Å². The SMILES string of the molecule is COc1cccc(C(=O)N(CCN(C)C)c2nc3c(S(C)(=O)=O)cccc3s2)c1. The second kappa shape index (κ2) is 8.48. The minimum atomic E-state index is -3.43. The van der Waals surface area contributed by atoms with Gasteiger partial charge in [0.15, 0.2) is 15.0 Å². The summed E-state index contributed by atoms with van der Waals surface area (Å²) in [7, 11) is 1.97. The highest BCUT2D eigenvalue weighted by molar-refractivity contribution is 7.91. The van der Waals surface area contributed by atoms with E-state index in [1.54, 1.807) is 42.3 Å². The highest BCUT2D eigenvalue weighted by Gasteiger charge is 2.24. The van der Waals surface area contributed by atoms with Crippen LogP contribution in [-0.4, -0.2) is 64.8 Å². The van der Waals surface area contributed by atoms with Crippen molar-refractivity contribution in [2.24, 2.45) is 0 Å². The Balaban J connectivity index is 2.08. The van der Waals surface area contributed by atoms with E-state index in [4.69, 9.17) is 4.74 Å². The molecule has 0 unspecified atom stereocenters. The number of likely N-dealkylation sites (N-methyl/N-ethyl adjacent to an activating group) is 1. The van der Waals surface area contributed by atoms with Crippen molar-refractivity contribution in [2.45, 2.75) is 4.90 Å². The largest absolute Gasteiger partial charge is 0.497 e. The van der Waals surface area contributed by atoms with Gasteiger partial charge in [0.05, 0.1) is 16.7 Å². The van der Waals surface area contributed by atoms with E-state index in [9.17, 15) is 13.2 Å². The number of benzene rings is 2. The number of carbonyl (C=O) groups is 1. The molecule has 3 aromatic rings. The summed E-state index contributed by atoms with van der Waals surface area (Å²) in [4.78, 5) is 21.6. The van der Waals surface area contributed by atoms with Crippen molar-refractivity contribution in [1.29, 1.82) is 0 Å². The number of aromatic nitrogens is 1. The fourth-order valence-electron chi connectivity index (χ4n) is 2.82. The number of rotatable bonds is 7. The monoisotopic (exact) mass is 433 g/mol. The van der Waals surface area contributed by atoms with Gasteiger partial charge in [-0.1, -0.05) is 23.5 Å². The van der Waals surface area contributed by atoms with Crippen molar-refractivity contribution >= 4 is 42.4 Å². The second-order valence-corrected chi connectivity index (χ2v) is 9.86. The molecule has 29 heavy (non-hydrogen) atoms. The number of anilines is 1. The number of fused-ring (bicyclic) bond motifs is 1. The second-order valence-electron chi connectivity index (χ2n) is 6.86. The molecule has 1 amide bonds. The predicted octanol–water partition coefficient (Wildman–Crippen LogP) is 2.92. The van der Waals surface area contributed by atoms with E-state index < -0.39 is 9.84 Å². The van der Waals surface area contributed by atoms with Gasteiger partial charge in [-0.15, -0.1) is 0 Å². The van der Waals surface area contributed by atoms with Crippen LogP contribution < -0.4 is 9.64 Å². The Labute approximate surface area is 174 Å². The molecule has 0 atom stereocenters. The predicted molar refractivity (Wildman–Crippen MR) is 116 cm³/mol. The molecule has 0 spiro atoms. The molecular weight excluding hydrogens is 410 g/mol. The van der Waals surface area contributed by atoms with Gasteiger partial charge in [-0.3, -0.25) is 9.69 Å². The number of methoxy groups -OCH3 is 1. The van der Waals surface area contributed by atoms with Crippen molar-refractivity contribution in [1.82, 2.24) is 9.88 Å². The fourth-order valence-corrected chi connectivity index (χ4v) is 4.74. The lowest BCUT2D eigenvalue weighted by Crippen LogP contribution is -2.36. The van der Waals surface area contributed by atoms with E-state index in [2.05, 4.69) is 4.98 Å². The maximum atomic E-state index is 13.3. The zero-order valence-electron chi connectivity index (χ0n) is 16.7. The molecule has 0 aliphatic rings. The van der Waals surface area contributed by atoms with Crippen LogP contribution in [0.2, 0.25) is 0 Å². The summed E-state index contributed by atoms with van der Waals surface area (Å²) in [5.74, 6) is 0.373. The van der Waals surface area contributed by atoms with Gasteiger partial charge in [0, 0.05) is 24.9 Å². The molecule has 0 saturated carbocycles. The molecule has 1 heterocycles. The highest BCUT2D eigenvalue weighted by atomic mass is 32.2. The Morgan fingerprint density at radius 3 is 2.52 bits per heavy atom. The number of amides is 1. The van der Waals surface area contributed by atoms with Gasteiger partial charge >= 0.3 is 0 Å². The minimum Gasteiger partial charge on any atom is -0.497 e. The third-order valence-corrected chi connectivity index (χ3v) is 6.51. The number of hydrogen-bond donors (Lipinski definition) is 0. The van der Waals surface area contributed by atoms with Crippen LogP contribution in [0, 0.1) is 0 Å². The summed E-state index contributed by atoms with van der Waals surface area (Å²) < 4.78 is 30.2. The highest BCUT2D eigenvalue weighted by Crippen LogP contribution is 2.33. The molecule has 0 bridgehead atoms. The molecule has 2 aromatic carbocycles. The topological polar surface area (TPSA) is 79.8 Å². The lowest BCUT2D eigenvalue weighted by atomic mass is 10.2. The molecule has 0 radical (unpaired) electrons. The first kappa shape index (κ1) is 21.2. The maximum Gasteiger partial charge on any atom is 0.260 e. The van der Waals surface area contributed by atoms with Crippen molar-refractivity contribution < 1.29 is 17.9 Å². The van der Waals surface area contributed by atoms with Crippen LogP contribution in [0.5, 0.6) is 5.75 Å². The number of nitrogens with zero attached hydrogens (tertiary/aromatic N) is 3. The molecule has 7 nitrogen and oxygen atoms in total. The normalized spacial score (nSPS) is 11.8. The Hall–Kier alpha value is -2.49. The van der Waals surface area contributed by atoms with Crippen LogP contribution in [0.25, 0.3) is 10.2 Å². The number of carbonyl (C=O) groups excluding carboxylic acids is 1. The standard InChI is InChI=1S/C20H23N3O4S2/c1-22(2)11-12-23(19(24)14-7-5-8-15(13-14)27-3)20-21-18-16(28-20)9-6-10-17(18)29(4,25)26/h5-10,13H,11-12H2,1-4H3. The summed E-state index contributed by atoms with van der Waals surface area (Å²) in [6, 6.07) is 12.0. The van der Waals surface area contributed by atoms with Gasteiger partial charge in [0.25, 0.3) is 5.91 Å². The number of ether oxygens (including phenoxy) is 1. The quantitative estimate of drug-likeness (QED) is 0.570. The smallest absolute Gasteiger partial charge is 0.260 e. The van der Waals surface area contributed by atoms with Crippen LogP contribution in [-0.2, 0) is 9.84 Å². The number of para-hydroxylation sites is 1. The van der Waals surface area contributed by atoms with E-state index in [1.807, 2.05) is 25.1 Å². The third-order valence-electron chi connectivity index (χ3n) is 4.33. The average molecular weight is 434 g/mol.